The summed E-state index contributed by atoms with van der Waals surface area (Å²) in [6, 6.07) is 0.837. The molecule has 3 heteroatoms. The molecule has 1 aliphatic heterocycles. The van der Waals surface area contributed by atoms with E-state index in [-0.39, 0.29) is 6.61 Å². The van der Waals surface area contributed by atoms with Crippen LogP contribution >= 0.6 is 0 Å². The number of aliphatic hydroxyl groups is 1. The van der Waals surface area contributed by atoms with Crippen LogP contribution in [0.1, 0.15) is 40.0 Å². The van der Waals surface area contributed by atoms with Crippen LogP contribution in [0.25, 0.3) is 0 Å². The highest BCUT2D eigenvalue weighted by Gasteiger charge is 2.20. The van der Waals surface area contributed by atoms with E-state index in [2.05, 4.69) is 26.1 Å². The van der Waals surface area contributed by atoms with Crippen LogP contribution in [0.2, 0.25) is 0 Å². The van der Waals surface area contributed by atoms with Crippen molar-refractivity contribution in [1.82, 2.24) is 5.32 Å². The number of hydrogen-bond donors (Lipinski definition) is 2. The van der Waals surface area contributed by atoms with Crippen LogP contribution in [0.4, 0.5) is 0 Å². The van der Waals surface area contributed by atoms with Crippen LogP contribution < -0.4 is 5.32 Å². The Balaban J connectivity index is 2.19. The lowest BCUT2D eigenvalue weighted by molar-refractivity contribution is 0.0931. The maximum Gasteiger partial charge on any atom is 0.0590 e. The third kappa shape index (κ3) is 4.49. The predicted octanol–water partition coefficient (Wildman–Crippen LogP) is 1.55. The van der Waals surface area contributed by atoms with Crippen LogP contribution in [0, 0.1) is 5.92 Å². The van der Waals surface area contributed by atoms with Crippen LogP contribution in [0.5, 0.6) is 0 Å². The van der Waals surface area contributed by atoms with Crippen molar-refractivity contribution >= 4 is 0 Å². The minimum Gasteiger partial charge on any atom is -0.396 e. The maximum absolute atomic E-state index is 9.04. The van der Waals surface area contributed by atoms with Crippen molar-refractivity contribution < 1.29 is 9.84 Å². The Kier molecular flexibility index (Phi) is 5.58. The molecule has 0 radical (unpaired) electrons. The van der Waals surface area contributed by atoms with Crippen LogP contribution in [-0.4, -0.2) is 36.5 Å². The van der Waals surface area contributed by atoms with Gasteiger partial charge in [-0.2, -0.15) is 0 Å². The average molecular weight is 215 g/mol. The Hall–Kier alpha value is -0.120. The van der Waals surface area contributed by atoms with E-state index >= 15 is 0 Å². The molecule has 0 aromatic carbocycles. The van der Waals surface area contributed by atoms with Crippen molar-refractivity contribution in [2.45, 2.75) is 58.2 Å². The fourth-order valence-corrected chi connectivity index (χ4v) is 2.06. The first-order chi connectivity index (χ1) is 7.13. The molecule has 1 fully saturated rings. The Morgan fingerprint density at radius 3 is 2.67 bits per heavy atom. The molecule has 90 valence electrons. The molecular formula is C12H25NO2. The van der Waals surface area contributed by atoms with Gasteiger partial charge < -0.3 is 15.2 Å². The van der Waals surface area contributed by atoms with Gasteiger partial charge in [-0.25, -0.2) is 0 Å². The molecule has 0 aromatic heterocycles. The third-order valence-corrected chi connectivity index (χ3v) is 3.33. The van der Waals surface area contributed by atoms with E-state index in [1.54, 1.807) is 0 Å². The molecule has 0 saturated carbocycles. The molecule has 4 unspecified atom stereocenters. The van der Waals surface area contributed by atoms with Crippen LogP contribution in [0.3, 0.4) is 0 Å². The zero-order chi connectivity index (χ0) is 11.3. The molecule has 1 aliphatic rings. The largest absolute Gasteiger partial charge is 0.396 e. The Labute approximate surface area is 93.2 Å². The summed E-state index contributed by atoms with van der Waals surface area (Å²) in [5.74, 6) is 0.317. The first-order valence-electron chi connectivity index (χ1n) is 6.12. The molecule has 1 heterocycles. The van der Waals surface area contributed by atoms with Crippen LogP contribution in [0.15, 0.2) is 0 Å². The SMILES string of the molecule is CC(CC1CCCO1)NC(C)C(C)CO. The third-order valence-electron chi connectivity index (χ3n) is 3.33. The van der Waals surface area contributed by atoms with Gasteiger partial charge in [0.25, 0.3) is 0 Å². The lowest BCUT2D eigenvalue weighted by atomic mass is 10.0. The van der Waals surface area contributed by atoms with E-state index in [0.717, 1.165) is 13.0 Å². The van der Waals surface area contributed by atoms with E-state index in [1.807, 2.05) is 0 Å². The van der Waals surface area contributed by atoms with Gasteiger partial charge in [-0.05, 0) is 39.0 Å². The van der Waals surface area contributed by atoms with E-state index < -0.39 is 0 Å². The second-order valence-corrected chi connectivity index (χ2v) is 4.89. The lowest BCUT2D eigenvalue weighted by Gasteiger charge is -2.25. The molecule has 2 N–H and O–H groups in total. The van der Waals surface area contributed by atoms with E-state index in [9.17, 15) is 0 Å². The van der Waals surface area contributed by atoms with Crippen molar-refractivity contribution in [3.8, 4) is 0 Å². The summed E-state index contributed by atoms with van der Waals surface area (Å²) in [5.41, 5.74) is 0. The van der Waals surface area contributed by atoms with Crippen molar-refractivity contribution in [1.29, 1.82) is 0 Å². The van der Waals surface area contributed by atoms with Crippen molar-refractivity contribution in [3.05, 3.63) is 0 Å². The average Bonchev–Trinajstić information content (AvgIpc) is 2.68. The minimum atomic E-state index is 0.251. The smallest absolute Gasteiger partial charge is 0.0590 e. The molecule has 1 saturated heterocycles. The van der Waals surface area contributed by atoms with Gasteiger partial charge in [0.05, 0.1) is 6.10 Å². The summed E-state index contributed by atoms with van der Waals surface area (Å²) in [6.45, 7) is 7.58. The van der Waals surface area contributed by atoms with Gasteiger partial charge in [0.1, 0.15) is 0 Å². The van der Waals surface area contributed by atoms with Crippen molar-refractivity contribution in [2.24, 2.45) is 5.92 Å². The number of rotatable bonds is 6. The fourth-order valence-electron chi connectivity index (χ4n) is 2.06. The standard InChI is InChI=1S/C12H25NO2/c1-9(8-14)11(3)13-10(2)7-12-5-4-6-15-12/h9-14H,4-8H2,1-3H3. The molecule has 0 spiro atoms. The monoisotopic (exact) mass is 215 g/mol. The van der Waals surface area contributed by atoms with Gasteiger partial charge >= 0.3 is 0 Å². The summed E-state index contributed by atoms with van der Waals surface area (Å²) in [7, 11) is 0. The molecule has 4 atom stereocenters. The summed E-state index contributed by atoms with van der Waals surface area (Å²) in [4.78, 5) is 0. The molecule has 0 aromatic rings. The number of ether oxygens (including phenoxy) is 1. The predicted molar refractivity (Wildman–Crippen MR) is 61.9 cm³/mol. The first kappa shape index (κ1) is 12.9. The Morgan fingerprint density at radius 1 is 1.40 bits per heavy atom. The van der Waals surface area contributed by atoms with E-state index in [4.69, 9.17) is 9.84 Å². The van der Waals surface area contributed by atoms with Crippen molar-refractivity contribution in [3.63, 3.8) is 0 Å². The molecule has 15 heavy (non-hydrogen) atoms. The maximum atomic E-state index is 9.04. The number of hydrogen-bond acceptors (Lipinski definition) is 3. The summed E-state index contributed by atoms with van der Waals surface area (Å²) in [5, 5.41) is 12.6. The summed E-state index contributed by atoms with van der Waals surface area (Å²) >= 11 is 0. The zero-order valence-corrected chi connectivity index (χ0v) is 10.2. The lowest BCUT2D eigenvalue weighted by Crippen LogP contribution is -2.41. The number of nitrogens with one attached hydrogen (secondary N) is 1. The van der Waals surface area contributed by atoms with E-state index in [1.165, 1.54) is 12.8 Å². The van der Waals surface area contributed by atoms with Gasteiger partial charge in [-0.1, -0.05) is 6.92 Å². The molecule has 0 aliphatic carbocycles. The highest BCUT2D eigenvalue weighted by Crippen LogP contribution is 2.17. The fraction of sp³-hybridized carbons (Fsp3) is 1.00. The minimum absolute atomic E-state index is 0.251. The molecule has 0 bridgehead atoms. The van der Waals surface area contributed by atoms with Gasteiger partial charge in [-0.15, -0.1) is 0 Å². The summed E-state index contributed by atoms with van der Waals surface area (Å²) in [6.07, 6.45) is 3.95. The van der Waals surface area contributed by atoms with Crippen LogP contribution in [-0.2, 0) is 4.74 Å². The quantitative estimate of drug-likeness (QED) is 0.706. The van der Waals surface area contributed by atoms with Crippen molar-refractivity contribution in [2.75, 3.05) is 13.2 Å². The Bertz CT molecular complexity index is 169. The molecule has 1 rings (SSSR count). The molecule has 0 amide bonds. The highest BCUT2D eigenvalue weighted by atomic mass is 16.5. The Morgan fingerprint density at radius 2 is 2.13 bits per heavy atom. The summed E-state index contributed by atoms with van der Waals surface area (Å²) < 4.78 is 5.60. The molecular weight excluding hydrogens is 190 g/mol. The second-order valence-electron chi connectivity index (χ2n) is 4.89. The highest BCUT2D eigenvalue weighted by molar-refractivity contribution is 4.76. The zero-order valence-electron chi connectivity index (χ0n) is 10.2. The van der Waals surface area contributed by atoms with E-state index in [0.29, 0.717) is 24.1 Å². The van der Waals surface area contributed by atoms with Gasteiger partial charge in [0.2, 0.25) is 0 Å². The number of aliphatic hydroxyl groups excluding tert-OH is 1. The second kappa shape index (κ2) is 6.46. The normalized spacial score (nSPS) is 27.6. The van der Waals surface area contributed by atoms with Gasteiger partial charge in [0.15, 0.2) is 0 Å². The van der Waals surface area contributed by atoms with Gasteiger partial charge in [0, 0.05) is 25.3 Å². The first-order valence-corrected chi connectivity index (χ1v) is 6.12. The van der Waals surface area contributed by atoms with Gasteiger partial charge in [-0.3, -0.25) is 0 Å². The topological polar surface area (TPSA) is 41.5 Å². The molecule has 3 nitrogen and oxygen atoms in total.